The van der Waals surface area contributed by atoms with E-state index in [1.165, 1.54) is 25.9 Å². The summed E-state index contributed by atoms with van der Waals surface area (Å²) in [6.45, 7) is 18.1. The first-order valence-electron chi connectivity index (χ1n) is 22.7. The fourth-order valence-corrected chi connectivity index (χ4v) is 12.3. The molecule has 4 aliphatic heterocycles. The molecule has 4 fully saturated rings. The Morgan fingerprint density at radius 3 is 1.73 bits per heavy atom. The molecular weight excluding hydrogens is 874 g/mol. The molecule has 0 saturated carbocycles. The molecule has 10 rings (SSSR count). The van der Waals surface area contributed by atoms with Gasteiger partial charge in [-0.2, -0.15) is 10.2 Å². The first kappa shape index (κ1) is 43.1. The van der Waals surface area contributed by atoms with E-state index < -0.39 is 0 Å². The third-order valence-corrected chi connectivity index (χ3v) is 15.7. The van der Waals surface area contributed by atoms with Gasteiger partial charge in [-0.25, -0.2) is 29.3 Å². The Morgan fingerprint density at radius 1 is 0.651 bits per heavy atom. The zero-order chi connectivity index (χ0) is 43.7. The van der Waals surface area contributed by atoms with Crippen LogP contribution in [-0.4, -0.2) is 113 Å². The van der Waals surface area contributed by atoms with Gasteiger partial charge in [0.25, 0.3) is 0 Å². The van der Waals surface area contributed by atoms with Crippen molar-refractivity contribution < 1.29 is 0 Å². The Balaban J connectivity index is 0.883. The van der Waals surface area contributed by atoms with Crippen molar-refractivity contribution in [2.75, 3.05) is 55.6 Å². The van der Waals surface area contributed by atoms with E-state index in [0.717, 1.165) is 115 Å². The van der Waals surface area contributed by atoms with Gasteiger partial charge in [0.2, 0.25) is 0 Å². The Labute approximate surface area is 389 Å². The molecule has 6 aromatic rings. The molecule has 332 valence electrons. The molecule has 7 atom stereocenters. The highest BCUT2D eigenvalue weighted by Gasteiger charge is 2.41. The van der Waals surface area contributed by atoms with E-state index in [4.69, 9.17) is 76.5 Å². The molecule has 4 aliphatic rings. The first-order valence-corrected chi connectivity index (χ1v) is 24.3. The summed E-state index contributed by atoms with van der Waals surface area (Å²) in [4.78, 5) is 30.7. The summed E-state index contributed by atoms with van der Waals surface area (Å²) in [5.41, 5.74) is 6.84. The number of piperidine rings is 2. The van der Waals surface area contributed by atoms with Crippen molar-refractivity contribution in [3.8, 4) is 0 Å². The van der Waals surface area contributed by atoms with Crippen LogP contribution in [0.2, 0.25) is 20.1 Å². The maximum Gasteiger partial charge on any atom is 0.179 e. The van der Waals surface area contributed by atoms with Gasteiger partial charge in [0, 0.05) is 70.9 Å². The van der Waals surface area contributed by atoms with Crippen molar-refractivity contribution in [3.63, 3.8) is 0 Å². The van der Waals surface area contributed by atoms with E-state index in [9.17, 15) is 0 Å². The van der Waals surface area contributed by atoms with Crippen LogP contribution >= 0.6 is 46.4 Å². The van der Waals surface area contributed by atoms with E-state index in [-0.39, 0.29) is 12.1 Å². The number of fused-ring (bicyclic) bond motifs is 2. The molecule has 7 unspecified atom stereocenters. The van der Waals surface area contributed by atoms with E-state index in [1.54, 1.807) is 6.07 Å². The van der Waals surface area contributed by atoms with Crippen LogP contribution < -0.4 is 9.80 Å². The highest BCUT2D eigenvalue weighted by atomic mass is 35.5. The highest BCUT2D eigenvalue weighted by molar-refractivity contribution is 6.35. The average Bonchev–Trinajstić information content (AvgIpc) is 3.99. The number of aryl methyl sites for hydroxylation is 2. The number of nitrogens with zero attached hydrogens (tertiary/aromatic N) is 12. The van der Waals surface area contributed by atoms with Gasteiger partial charge in [0.1, 0.15) is 22.7 Å². The molecule has 12 nitrogen and oxygen atoms in total. The summed E-state index contributed by atoms with van der Waals surface area (Å²) in [6, 6.07) is 12.6. The van der Waals surface area contributed by atoms with Gasteiger partial charge in [-0.05, 0) is 120 Å². The number of hydrogen-bond acceptors (Lipinski definition) is 10. The molecule has 63 heavy (non-hydrogen) atoms. The van der Waals surface area contributed by atoms with Gasteiger partial charge in [-0.1, -0.05) is 72.4 Å². The molecule has 2 aromatic carbocycles. The molecular formula is C47H56Cl4N12. The van der Waals surface area contributed by atoms with Gasteiger partial charge < -0.3 is 9.80 Å². The van der Waals surface area contributed by atoms with Gasteiger partial charge in [-0.3, -0.25) is 9.80 Å². The second kappa shape index (κ2) is 17.5. The average molecular weight is 931 g/mol. The number of halogens is 4. The number of aromatic nitrogens is 8. The highest BCUT2D eigenvalue weighted by Crippen LogP contribution is 2.41. The Morgan fingerprint density at radius 2 is 1.19 bits per heavy atom. The molecule has 16 heteroatoms. The number of rotatable bonds is 10. The fraction of sp³-hybridized carbons (Fsp3) is 0.532. The van der Waals surface area contributed by atoms with Gasteiger partial charge in [0.15, 0.2) is 11.3 Å². The molecule has 0 radical (unpaired) electrons. The maximum absolute atomic E-state index is 7.08. The van der Waals surface area contributed by atoms with E-state index in [1.807, 2.05) is 55.2 Å². The summed E-state index contributed by atoms with van der Waals surface area (Å²) >= 11 is 26.5. The largest absolute Gasteiger partial charge is 0.355 e. The fourth-order valence-electron chi connectivity index (χ4n) is 11.2. The van der Waals surface area contributed by atoms with Crippen molar-refractivity contribution in [2.24, 2.45) is 11.8 Å². The van der Waals surface area contributed by atoms with Crippen molar-refractivity contribution in [2.45, 2.75) is 103 Å². The zero-order valence-electron chi connectivity index (χ0n) is 36.7. The second-order valence-corrected chi connectivity index (χ2v) is 20.3. The Kier molecular flexibility index (Phi) is 12.0. The van der Waals surface area contributed by atoms with Crippen molar-refractivity contribution in [1.29, 1.82) is 0 Å². The lowest BCUT2D eigenvalue weighted by Crippen LogP contribution is -2.59. The molecule has 4 aromatic heterocycles. The third-order valence-electron chi connectivity index (χ3n) is 14.6. The first-order chi connectivity index (χ1) is 30.4. The van der Waals surface area contributed by atoms with E-state index in [0.29, 0.717) is 50.1 Å². The molecule has 8 heterocycles. The van der Waals surface area contributed by atoms with Gasteiger partial charge in [-0.15, -0.1) is 0 Å². The van der Waals surface area contributed by atoms with Crippen LogP contribution in [0, 0.1) is 25.7 Å². The van der Waals surface area contributed by atoms with Crippen molar-refractivity contribution in [3.05, 3.63) is 91.4 Å². The van der Waals surface area contributed by atoms with E-state index >= 15 is 0 Å². The molecule has 0 N–H and O–H groups in total. The van der Waals surface area contributed by atoms with Crippen LogP contribution in [0.15, 0.2) is 48.8 Å². The minimum absolute atomic E-state index is 0.154. The maximum atomic E-state index is 7.08. The quantitative estimate of drug-likeness (QED) is 0.132. The minimum Gasteiger partial charge on any atom is -0.355 e. The summed E-state index contributed by atoms with van der Waals surface area (Å²) in [6.07, 6.45) is 10.6. The minimum atomic E-state index is -0.154. The summed E-state index contributed by atoms with van der Waals surface area (Å²) in [5.74, 6) is 2.74. The lowest BCUT2D eigenvalue weighted by molar-refractivity contribution is -0.00128. The smallest absolute Gasteiger partial charge is 0.179 e. The van der Waals surface area contributed by atoms with Crippen molar-refractivity contribution in [1.82, 2.24) is 49.3 Å². The number of hydrogen-bond donors (Lipinski definition) is 0. The van der Waals surface area contributed by atoms with Gasteiger partial charge in [0.05, 0.1) is 35.9 Å². The lowest BCUT2D eigenvalue weighted by atomic mass is 9.84. The van der Waals surface area contributed by atoms with Crippen LogP contribution in [0.5, 0.6) is 0 Å². The second-order valence-electron chi connectivity index (χ2n) is 18.6. The Hall–Kier alpha value is -3.78. The monoisotopic (exact) mass is 928 g/mol. The summed E-state index contributed by atoms with van der Waals surface area (Å²) in [7, 11) is 0. The normalized spacial score (nSPS) is 24.7. The number of anilines is 2. The van der Waals surface area contributed by atoms with Crippen LogP contribution in [0.3, 0.4) is 0 Å². The van der Waals surface area contributed by atoms with Crippen LogP contribution in [-0.2, 0) is 0 Å². The molecule has 0 bridgehead atoms. The number of likely N-dealkylation sites (tertiary alicyclic amines) is 2. The lowest BCUT2D eigenvalue weighted by Gasteiger charge is -2.52. The van der Waals surface area contributed by atoms with Gasteiger partial charge >= 0.3 is 0 Å². The molecule has 0 aliphatic carbocycles. The van der Waals surface area contributed by atoms with E-state index in [2.05, 4.69) is 51.1 Å². The topological polar surface area (TPSA) is 100 Å². The summed E-state index contributed by atoms with van der Waals surface area (Å²) < 4.78 is 4.05. The molecule has 0 spiro atoms. The third kappa shape index (κ3) is 8.15. The zero-order valence-corrected chi connectivity index (χ0v) is 39.8. The van der Waals surface area contributed by atoms with Crippen LogP contribution in [0.25, 0.3) is 22.3 Å². The predicted octanol–water partition coefficient (Wildman–Crippen LogP) is 10.1. The number of benzene rings is 2. The SMILES string of the molecule is Cc1nn(C(C)c2ccc(Cl)cc2Cl)c2nc(N3CCC(N4CCC4CC(c4ccc(Cl)cc4Cl)n4nc(C)c5ncc(N6CCC(N7CCCC7)C(C)C6)nc54)C(C)C3)cnc12. The summed E-state index contributed by atoms with van der Waals surface area (Å²) in [5, 5.41) is 12.5. The predicted molar refractivity (Wildman–Crippen MR) is 255 cm³/mol. The standard InChI is InChI=1S/C47H56Cl4N12/c1-27-25-59(17-13-39(27)58-15-6-7-16-58)43-24-53-45-30(4)57-63(47(45)55-43)41(36-11-9-33(49)21-38(36)51)22-34-12-19-61(34)40-14-18-60(26-28(40)2)42-23-52-44-29(3)56-62(46(44)54-42)31(5)35-10-8-32(48)20-37(35)50/h8-11,20-21,23-24,27-28,31,34,39-41H,6-7,12-19,22,25-26H2,1-5H3. The molecule has 0 amide bonds. The molecule has 4 saturated heterocycles. The van der Waals surface area contributed by atoms with Crippen LogP contribution in [0.1, 0.15) is 93.9 Å². The van der Waals surface area contributed by atoms with Crippen molar-refractivity contribution >= 4 is 80.4 Å². The van der Waals surface area contributed by atoms with Crippen LogP contribution in [0.4, 0.5) is 11.6 Å². The Bertz CT molecular complexity index is 2640.